The van der Waals surface area contributed by atoms with Crippen LogP contribution in [0.3, 0.4) is 0 Å². The number of rotatable bonds is 36. The third-order valence-corrected chi connectivity index (χ3v) is 9.04. The average Bonchev–Trinajstić information content (AvgIpc) is 3.05. The van der Waals surface area contributed by atoms with E-state index in [2.05, 4.69) is 27.7 Å². The molecule has 6 heteroatoms. The van der Waals surface area contributed by atoms with Crippen LogP contribution in [0.1, 0.15) is 220 Å². The van der Waals surface area contributed by atoms with Crippen molar-refractivity contribution < 1.29 is 28.6 Å². The molecule has 0 N–H and O–H groups in total. The van der Waals surface area contributed by atoms with Crippen molar-refractivity contribution in [3.63, 3.8) is 0 Å². The molecule has 0 aromatic carbocycles. The topological polar surface area (TPSA) is 78.9 Å². The van der Waals surface area contributed by atoms with E-state index in [1.807, 2.05) is 0 Å². The van der Waals surface area contributed by atoms with Crippen LogP contribution in [-0.2, 0) is 28.6 Å². The van der Waals surface area contributed by atoms with E-state index in [1.165, 1.54) is 116 Å². The fraction of sp³-hybridized carbons (Fsp3) is 0.927. The third-order valence-electron chi connectivity index (χ3n) is 9.04. The highest BCUT2D eigenvalue weighted by Crippen LogP contribution is 2.15. The Labute approximate surface area is 291 Å². The zero-order valence-electron chi connectivity index (χ0n) is 31.7. The predicted molar refractivity (Wildman–Crippen MR) is 196 cm³/mol. The van der Waals surface area contributed by atoms with Gasteiger partial charge in [0, 0.05) is 19.3 Å². The normalized spacial score (nSPS) is 11.9. The lowest BCUT2D eigenvalue weighted by atomic mass is 10.0. The van der Waals surface area contributed by atoms with Gasteiger partial charge in [-0.1, -0.05) is 182 Å². The smallest absolute Gasteiger partial charge is 0.306 e. The fourth-order valence-electron chi connectivity index (χ4n) is 5.92. The van der Waals surface area contributed by atoms with Gasteiger partial charge in [0.1, 0.15) is 13.2 Å². The van der Waals surface area contributed by atoms with Crippen LogP contribution in [0, 0.1) is 5.92 Å². The number of ether oxygens (including phenoxy) is 3. The first-order valence-electron chi connectivity index (χ1n) is 20.4. The first-order valence-corrected chi connectivity index (χ1v) is 20.4. The van der Waals surface area contributed by atoms with E-state index in [9.17, 15) is 14.4 Å². The zero-order valence-corrected chi connectivity index (χ0v) is 31.7. The number of unbranched alkanes of at least 4 members (excludes halogenated alkanes) is 23. The Bertz CT molecular complexity index is 706. The van der Waals surface area contributed by atoms with E-state index in [0.717, 1.165) is 63.7 Å². The monoisotopic (exact) mass is 667 g/mol. The number of hydrogen-bond donors (Lipinski definition) is 0. The predicted octanol–water partition coefficient (Wildman–Crippen LogP) is 12.4. The van der Waals surface area contributed by atoms with E-state index in [1.54, 1.807) is 0 Å². The van der Waals surface area contributed by atoms with Crippen molar-refractivity contribution >= 4 is 17.9 Å². The van der Waals surface area contributed by atoms with Gasteiger partial charge in [0.15, 0.2) is 6.10 Å². The lowest BCUT2D eigenvalue weighted by Crippen LogP contribution is -2.30. The van der Waals surface area contributed by atoms with Gasteiger partial charge in [0.05, 0.1) is 0 Å². The fourth-order valence-corrected chi connectivity index (χ4v) is 5.92. The largest absolute Gasteiger partial charge is 0.462 e. The molecule has 47 heavy (non-hydrogen) atoms. The molecule has 1 atom stereocenters. The molecule has 0 saturated heterocycles. The summed E-state index contributed by atoms with van der Waals surface area (Å²) >= 11 is 0. The Kier molecular flexibility index (Phi) is 34.5. The second-order valence-corrected chi connectivity index (χ2v) is 14.4. The maximum Gasteiger partial charge on any atom is 0.306 e. The van der Waals surface area contributed by atoms with E-state index < -0.39 is 6.10 Å². The van der Waals surface area contributed by atoms with E-state index in [-0.39, 0.29) is 31.1 Å². The molecule has 0 aromatic heterocycles. The summed E-state index contributed by atoms with van der Waals surface area (Å²) in [6, 6.07) is 0. The van der Waals surface area contributed by atoms with Crippen molar-refractivity contribution in [2.75, 3.05) is 13.2 Å². The molecule has 0 bridgehead atoms. The molecule has 278 valence electrons. The summed E-state index contributed by atoms with van der Waals surface area (Å²) in [6.45, 7) is 8.89. The lowest BCUT2D eigenvalue weighted by Gasteiger charge is -2.18. The highest BCUT2D eigenvalue weighted by Gasteiger charge is 2.19. The van der Waals surface area contributed by atoms with Gasteiger partial charge < -0.3 is 14.2 Å². The Morgan fingerprint density at radius 1 is 0.404 bits per heavy atom. The van der Waals surface area contributed by atoms with Crippen molar-refractivity contribution in [3.8, 4) is 0 Å². The molecule has 6 nitrogen and oxygen atoms in total. The van der Waals surface area contributed by atoms with Crippen LogP contribution in [0.5, 0.6) is 0 Å². The standard InChI is InChI=1S/C41H78O6/c1-5-7-9-11-13-14-15-16-21-24-28-32-39(42)45-35-38(47-41(44)34-30-26-19-12-10-8-6-2)36-46-40(43)33-29-25-22-18-17-20-23-27-31-37(3)4/h37-38H,5-36H2,1-4H3/t38-/m1/s1. The maximum absolute atomic E-state index is 12.5. The summed E-state index contributed by atoms with van der Waals surface area (Å²) < 4.78 is 16.6. The Morgan fingerprint density at radius 3 is 1.04 bits per heavy atom. The van der Waals surface area contributed by atoms with Crippen LogP contribution >= 0.6 is 0 Å². The molecule has 0 amide bonds. The minimum Gasteiger partial charge on any atom is -0.462 e. The van der Waals surface area contributed by atoms with Crippen LogP contribution in [0.15, 0.2) is 0 Å². The molecule has 0 spiro atoms. The third kappa shape index (κ3) is 35.5. The number of esters is 3. The minimum atomic E-state index is -0.757. The van der Waals surface area contributed by atoms with Crippen molar-refractivity contribution in [1.29, 1.82) is 0 Å². The first kappa shape index (κ1) is 45.4. The van der Waals surface area contributed by atoms with Crippen molar-refractivity contribution in [2.24, 2.45) is 5.92 Å². The second-order valence-electron chi connectivity index (χ2n) is 14.4. The first-order chi connectivity index (χ1) is 22.9. The van der Waals surface area contributed by atoms with Crippen LogP contribution in [0.25, 0.3) is 0 Å². The molecular formula is C41H78O6. The Hall–Kier alpha value is -1.59. The van der Waals surface area contributed by atoms with Crippen LogP contribution in [-0.4, -0.2) is 37.2 Å². The molecule has 0 fully saturated rings. The van der Waals surface area contributed by atoms with Gasteiger partial charge in [-0.3, -0.25) is 14.4 Å². The molecule has 0 aliphatic rings. The molecule has 0 radical (unpaired) electrons. The molecule has 0 aliphatic carbocycles. The molecule has 0 aromatic rings. The zero-order chi connectivity index (χ0) is 34.6. The second kappa shape index (κ2) is 35.7. The van der Waals surface area contributed by atoms with E-state index in [0.29, 0.717) is 19.3 Å². The van der Waals surface area contributed by atoms with Gasteiger partial charge in [-0.25, -0.2) is 0 Å². The van der Waals surface area contributed by atoms with Crippen LogP contribution < -0.4 is 0 Å². The number of carbonyl (C=O) groups is 3. The lowest BCUT2D eigenvalue weighted by molar-refractivity contribution is -0.167. The summed E-state index contributed by atoms with van der Waals surface area (Å²) in [5, 5.41) is 0. The maximum atomic E-state index is 12.5. The molecule has 0 unspecified atom stereocenters. The van der Waals surface area contributed by atoms with Gasteiger partial charge in [0.25, 0.3) is 0 Å². The van der Waals surface area contributed by atoms with Crippen molar-refractivity contribution in [1.82, 2.24) is 0 Å². The highest BCUT2D eigenvalue weighted by molar-refractivity contribution is 5.71. The Balaban J connectivity index is 4.29. The average molecular weight is 667 g/mol. The van der Waals surface area contributed by atoms with Crippen molar-refractivity contribution in [2.45, 2.75) is 226 Å². The van der Waals surface area contributed by atoms with Gasteiger partial charge >= 0.3 is 17.9 Å². The summed E-state index contributed by atoms with van der Waals surface area (Å²) in [5.41, 5.74) is 0. The summed E-state index contributed by atoms with van der Waals surface area (Å²) in [5.74, 6) is -0.0734. The number of carbonyl (C=O) groups excluding carboxylic acids is 3. The summed E-state index contributed by atoms with van der Waals surface area (Å²) in [6.07, 6.45) is 32.4. The quantitative estimate of drug-likeness (QED) is 0.0376. The van der Waals surface area contributed by atoms with Crippen LogP contribution in [0.4, 0.5) is 0 Å². The minimum absolute atomic E-state index is 0.0654. The van der Waals surface area contributed by atoms with Crippen molar-refractivity contribution in [3.05, 3.63) is 0 Å². The highest BCUT2D eigenvalue weighted by atomic mass is 16.6. The van der Waals surface area contributed by atoms with E-state index >= 15 is 0 Å². The SMILES string of the molecule is CCCCCCCCCCCCCC(=O)OC[C@H](COC(=O)CCCCCCCCCCC(C)C)OC(=O)CCCCCCCCC. The Morgan fingerprint density at radius 2 is 0.702 bits per heavy atom. The van der Waals surface area contributed by atoms with Gasteiger partial charge in [-0.15, -0.1) is 0 Å². The summed E-state index contributed by atoms with van der Waals surface area (Å²) in [7, 11) is 0. The summed E-state index contributed by atoms with van der Waals surface area (Å²) in [4.78, 5) is 37.4. The molecule has 0 rings (SSSR count). The van der Waals surface area contributed by atoms with E-state index in [4.69, 9.17) is 14.2 Å². The molecule has 0 heterocycles. The molecule has 0 saturated carbocycles. The van der Waals surface area contributed by atoms with Gasteiger partial charge in [-0.05, 0) is 25.2 Å². The molecule has 0 aliphatic heterocycles. The van der Waals surface area contributed by atoms with Crippen LogP contribution in [0.2, 0.25) is 0 Å². The molecular weight excluding hydrogens is 588 g/mol. The number of hydrogen-bond acceptors (Lipinski definition) is 6. The van der Waals surface area contributed by atoms with Gasteiger partial charge in [0.2, 0.25) is 0 Å². The van der Waals surface area contributed by atoms with Gasteiger partial charge in [-0.2, -0.15) is 0 Å².